The van der Waals surface area contributed by atoms with Gasteiger partial charge in [0.1, 0.15) is 6.04 Å². The highest BCUT2D eigenvalue weighted by atomic mass is 35.5. The minimum absolute atomic E-state index is 0.0682. The topological polar surface area (TPSA) is 49.4 Å². The number of benzene rings is 3. The van der Waals surface area contributed by atoms with E-state index in [9.17, 15) is 9.59 Å². The first-order valence-electron chi connectivity index (χ1n) is 13.7. The standard InChI is InChI=1S/C33H40Cl2N2O2/c1-5-6-20-36-32(39)30(21-25-10-8-7-9-11-25)37(23-26-15-18-28(34)22-29(26)35)31(38)19-14-24-12-16-27(17-13-24)33(2,3)4/h7-13,15-18,22,30H,5-6,14,19-21,23H2,1-4H3,(H,36,39)/t30-/m0/s1. The van der Waals surface area contributed by atoms with Gasteiger partial charge in [-0.15, -0.1) is 0 Å². The summed E-state index contributed by atoms with van der Waals surface area (Å²) in [6.45, 7) is 9.43. The number of rotatable bonds is 12. The van der Waals surface area contributed by atoms with E-state index < -0.39 is 6.04 Å². The minimum Gasteiger partial charge on any atom is -0.354 e. The van der Waals surface area contributed by atoms with Crippen molar-refractivity contribution in [2.45, 2.75) is 77.8 Å². The van der Waals surface area contributed by atoms with Crippen molar-refractivity contribution in [2.75, 3.05) is 6.54 Å². The van der Waals surface area contributed by atoms with Gasteiger partial charge in [-0.3, -0.25) is 9.59 Å². The van der Waals surface area contributed by atoms with Crippen LogP contribution in [0.5, 0.6) is 0 Å². The van der Waals surface area contributed by atoms with Crippen LogP contribution in [0.1, 0.15) is 69.2 Å². The number of carbonyl (C=O) groups excluding carboxylic acids is 2. The zero-order valence-corrected chi connectivity index (χ0v) is 25.0. The van der Waals surface area contributed by atoms with E-state index >= 15 is 0 Å². The predicted octanol–water partition coefficient (Wildman–Crippen LogP) is 7.78. The molecule has 0 saturated carbocycles. The van der Waals surface area contributed by atoms with Crippen LogP contribution in [0, 0.1) is 0 Å². The molecule has 0 saturated heterocycles. The monoisotopic (exact) mass is 566 g/mol. The zero-order valence-electron chi connectivity index (χ0n) is 23.5. The van der Waals surface area contributed by atoms with Crippen molar-refractivity contribution in [1.29, 1.82) is 0 Å². The smallest absolute Gasteiger partial charge is 0.243 e. The molecule has 3 rings (SSSR count). The fourth-order valence-corrected chi connectivity index (χ4v) is 4.93. The highest BCUT2D eigenvalue weighted by molar-refractivity contribution is 6.35. The Labute approximate surface area is 243 Å². The van der Waals surface area contributed by atoms with Crippen LogP contribution in [-0.2, 0) is 34.4 Å². The maximum atomic E-state index is 13.9. The van der Waals surface area contributed by atoms with Gasteiger partial charge in [0, 0.05) is 36.0 Å². The maximum absolute atomic E-state index is 13.9. The Morgan fingerprint density at radius 2 is 1.62 bits per heavy atom. The minimum atomic E-state index is -0.674. The van der Waals surface area contributed by atoms with Crippen molar-refractivity contribution in [3.05, 3.63) is 105 Å². The Bertz CT molecular complexity index is 1220. The second-order valence-electron chi connectivity index (χ2n) is 11.1. The summed E-state index contributed by atoms with van der Waals surface area (Å²) in [5.74, 6) is -0.243. The molecule has 1 N–H and O–H groups in total. The SMILES string of the molecule is CCCCNC(=O)[C@H](Cc1ccccc1)N(Cc1ccc(Cl)cc1Cl)C(=O)CCc1ccc(C(C)(C)C)cc1. The molecule has 2 amide bonds. The van der Waals surface area contributed by atoms with E-state index in [2.05, 4.69) is 57.3 Å². The third-order valence-corrected chi connectivity index (χ3v) is 7.49. The van der Waals surface area contributed by atoms with Crippen molar-refractivity contribution in [3.63, 3.8) is 0 Å². The molecule has 0 bridgehead atoms. The first kappa shape index (κ1) is 30.7. The normalized spacial score (nSPS) is 12.2. The molecule has 0 aliphatic carbocycles. The molecule has 208 valence electrons. The lowest BCUT2D eigenvalue weighted by Gasteiger charge is -2.32. The molecule has 0 aromatic heterocycles. The van der Waals surface area contributed by atoms with Gasteiger partial charge >= 0.3 is 0 Å². The maximum Gasteiger partial charge on any atom is 0.243 e. The van der Waals surface area contributed by atoms with Gasteiger partial charge in [-0.2, -0.15) is 0 Å². The summed E-state index contributed by atoms with van der Waals surface area (Å²) in [4.78, 5) is 29.1. The lowest BCUT2D eigenvalue weighted by molar-refractivity contribution is -0.141. The van der Waals surface area contributed by atoms with Crippen molar-refractivity contribution in [2.24, 2.45) is 0 Å². The fourth-order valence-electron chi connectivity index (χ4n) is 4.46. The van der Waals surface area contributed by atoms with Gasteiger partial charge in [0.05, 0.1) is 0 Å². The van der Waals surface area contributed by atoms with Gasteiger partial charge in [0.25, 0.3) is 0 Å². The number of nitrogens with one attached hydrogen (secondary N) is 1. The number of amides is 2. The molecule has 0 spiro atoms. The van der Waals surface area contributed by atoms with Crippen LogP contribution in [0.15, 0.2) is 72.8 Å². The van der Waals surface area contributed by atoms with E-state index in [1.807, 2.05) is 36.4 Å². The zero-order chi connectivity index (χ0) is 28.4. The summed E-state index contributed by atoms with van der Waals surface area (Å²) >= 11 is 12.7. The van der Waals surface area contributed by atoms with E-state index in [4.69, 9.17) is 23.2 Å². The molecule has 0 aliphatic heterocycles. The molecule has 3 aromatic carbocycles. The van der Waals surface area contributed by atoms with E-state index in [-0.39, 0.29) is 30.2 Å². The lowest BCUT2D eigenvalue weighted by Crippen LogP contribution is -2.50. The summed E-state index contributed by atoms with van der Waals surface area (Å²) in [5, 5.41) is 4.06. The Morgan fingerprint density at radius 1 is 0.923 bits per heavy atom. The van der Waals surface area contributed by atoms with E-state index in [0.29, 0.717) is 29.4 Å². The lowest BCUT2D eigenvalue weighted by atomic mass is 9.86. The summed E-state index contributed by atoms with van der Waals surface area (Å²) < 4.78 is 0. The second kappa shape index (κ2) is 14.5. The molecule has 0 unspecified atom stereocenters. The average molecular weight is 568 g/mol. The van der Waals surface area contributed by atoms with E-state index in [1.54, 1.807) is 17.0 Å². The first-order valence-corrected chi connectivity index (χ1v) is 14.5. The van der Waals surface area contributed by atoms with Crippen LogP contribution in [0.2, 0.25) is 10.0 Å². The summed E-state index contributed by atoms with van der Waals surface area (Å²) in [6.07, 6.45) is 3.14. The van der Waals surface area contributed by atoms with Gasteiger partial charge in [-0.05, 0) is 52.6 Å². The number of hydrogen-bond acceptors (Lipinski definition) is 2. The van der Waals surface area contributed by atoms with Crippen molar-refractivity contribution >= 4 is 35.0 Å². The number of hydrogen-bond donors (Lipinski definition) is 1. The largest absolute Gasteiger partial charge is 0.354 e. The molecular formula is C33H40Cl2N2O2. The average Bonchev–Trinajstić information content (AvgIpc) is 2.90. The quantitative estimate of drug-likeness (QED) is 0.227. The van der Waals surface area contributed by atoms with E-state index in [1.165, 1.54) is 5.56 Å². The molecule has 4 nitrogen and oxygen atoms in total. The van der Waals surface area contributed by atoms with Crippen molar-refractivity contribution < 1.29 is 9.59 Å². The number of unbranched alkanes of at least 4 members (excludes halogenated alkanes) is 1. The van der Waals surface area contributed by atoms with Crippen LogP contribution < -0.4 is 5.32 Å². The van der Waals surface area contributed by atoms with Gasteiger partial charge in [-0.25, -0.2) is 0 Å². The molecular weight excluding hydrogens is 527 g/mol. The summed E-state index contributed by atoms with van der Waals surface area (Å²) in [6, 6.07) is 22.8. The summed E-state index contributed by atoms with van der Waals surface area (Å²) in [5.41, 5.74) is 4.16. The van der Waals surface area contributed by atoms with Crippen molar-refractivity contribution in [3.8, 4) is 0 Å². The van der Waals surface area contributed by atoms with Crippen molar-refractivity contribution in [1.82, 2.24) is 10.2 Å². The number of carbonyl (C=O) groups is 2. The molecule has 39 heavy (non-hydrogen) atoms. The van der Waals surface area contributed by atoms with Gasteiger partial charge < -0.3 is 10.2 Å². The predicted molar refractivity (Wildman–Crippen MR) is 162 cm³/mol. The Hall–Kier alpha value is -2.82. The fraction of sp³-hybridized carbons (Fsp3) is 0.394. The number of halogens is 2. The highest BCUT2D eigenvalue weighted by Crippen LogP contribution is 2.25. The Balaban J connectivity index is 1.89. The van der Waals surface area contributed by atoms with Crippen LogP contribution in [-0.4, -0.2) is 29.3 Å². The third kappa shape index (κ3) is 9.40. The van der Waals surface area contributed by atoms with Crippen LogP contribution in [0.25, 0.3) is 0 Å². The highest BCUT2D eigenvalue weighted by Gasteiger charge is 2.30. The first-order chi connectivity index (χ1) is 18.6. The molecule has 3 aromatic rings. The van der Waals surface area contributed by atoms with Gasteiger partial charge in [0.2, 0.25) is 11.8 Å². The van der Waals surface area contributed by atoms with Crippen LogP contribution >= 0.6 is 23.2 Å². The van der Waals surface area contributed by atoms with E-state index in [0.717, 1.165) is 29.5 Å². The third-order valence-electron chi connectivity index (χ3n) is 6.90. The molecule has 0 heterocycles. The molecule has 1 atom stereocenters. The van der Waals surface area contributed by atoms with Crippen LogP contribution in [0.3, 0.4) is 0 Å². The molecule has 6 heteroatoms. The van der Waals surface area contributed by atoms with Crippen LogP contribution in [0.4, 0.5) is 0 Å². The molecule has 0 radical (unpaired) electrons. The second-order valence-corrected chi connectivity index (χ2v) is 11.9. The Kier molecular flexibility index (Phi) is 11.4. The number of nitrogens with zero attached hydrogens (tertiary/aromatic N) is 1. The van der Waals surface area contributed by atoms with Gasteiger partial charge in [-0.1, -0.05) is 118 Å². The summed E-state index contributed by atoms with van der Waals surface area (Å²) in [7, 11) is 0. The molecule has 0 aliphatic rings. The Morgan fingerprint density at radius 3 is 2.23 bits per heavy atom. The molecule has 0 fully saturated rings. The number of aryl methyl sites for hydroxylation is 1. The van der Waals surface area contributed by atoms with Gasteiger partial charge in [0.15, 0.2) is 0 Å².